The van der Waals surface area contributed by atoms with E-state index < -0.39 is 0 Å². The maximum Gasteiger partial charge on any atom is 0.141 e. The zero-order valence-corrected chi connectivity index (χ0v) is 10.7. The van der Waals surface area contributed by atoms with Gasteiger partial charge in [0.1, 0.15) is 11.4 Å². The number of rotatable bonds is 4. The Hall–Kier alpha value is -2.01. The van der Waals surface area contributed by atoms with Crippen LogP contribution in [0.3, 0.4) is 0 Å². The first kappa shape index (κ1) is 12.4. The van der Waals surface area contributed by atoms with Gasteiger partial charge in [0.15, 0.2) is 0 Å². The number of nitrogens with one attached hydrogen (secondary N) is 1. The van der Waals surface area contributed by atoms with Gasteiger partial charge in [-0.1, -0.05) is 11.2 Å². The monoisotopic (exact) mass is 245 g/mol. The molecule has 0 aliphatic heterocycles. The summed E-state index contributed by atoms with van der Waals surface area (Å²) in [5, 5.41) is 10.0. The topological polar surface area (TPSA) is 67.5 Å². The average Bonchev–Trinajstić information content (AvgIpc) is 2.70. The molecule has 1 heterocycles. The maximum absolute atomic E-state index is 10.6. The molecule has 0 radical (unpaired) electrons. The molecule has 2 rings (SSSR count). The van der Waals surface area contributed by atoms with Gasteiger partial charge in [-0.15, -0.1) is 4.91 Å². The molecule has 0 spiro atoms. The van der Waals surface area contributed by atoms with E-state index in [1.54, 1.807) is 12.1 Å². The third-order valence-corrected chi connectivity index (χ3v) is 2.86. The van der Waals surface area contributed by atoms with Gasteiger partial charge in [0.2, 0.25) is 0 Å². The van der Waals surface area contributed by atoms with E-state index in [0.29, 0.717) is 12.2 Å². The largest absolute Gasteiger partial charge is 0.361 e. The van der Waals surface area contributed by atoms with Crippen molar-refractivity contribution in [1.29, 1.82) is 0 Å². The highest BCUT2D eigenvalue weighted by molar-refractivity contribution is 5.72. The van der Waals surface area contributed by atoms with Crippen LogP contribution in [0.2, 0.25) is 0 Å². The van der Waals surface area contributed by atoms with Crippen LogP contribution in [-0.2, 0) is 6.54 Å². The minimum atomic E-state index is 0.427. The van der Waals surface area contributed by atoms with Crippen molar-refractivity contribution >= 4 is 5.69 Å². The molecular weight excluding hydrogens is 230 g/mol. The molecule has 18 heavy (non-hydrogen) atoms. The highest BCUT2D eigenvalue weighted by atomic mass is 16.5. The third kappa shape index (κ3) is 2.17. The van der Waals surface area contributed by atoms with E-state index in [1.807, 2.05) is 27.0 Å². The smallest absolute Gasteiger partial charge is 0.141 e. The number of hydrogen-bond acceptors (Lipinski definition) is 5. The van der Waals surface area contributed by atoms with E-state index in [1.165, 1.54) is 0 Å². The first-order valence-corrected chi connectivity index (χ1v) is 5.71. The molecule has 0 unspecified atom stereocenters. The highest BCUT2D eigenvalue weighted by Crippen LogP contribution is 2.32. The Morgan fingerprint density at radius 1 is 1.39 bits per heavy atom. The molecular formula is C13H15N3O2. The Labute approximate surface area is 105 Å². The lowest BCUT2D eigenvalue weighted by Gasteiger charge is -2.09. The molecule has 1 N–H and O–H groups in total. The summed E-state index contributed by atoms with van der Waals surface area (Å²) in [5.74, 6) is 0.775. The number of aromatic nitrogens is 1. The maximum atomic E-state index is 10.6. The van der Waals surface area contributed by atoms with Crippen molar-refractivity contribution < 1.29 is 4.52 Å². The highest BCUT2D eigenvalue weighted by Gasteiger charge is 2.15. The van der Waals surface area contributed by atoms with Gasteiger partial charge in [-0.2, -0.15) is 0 Å². The first-order valence-electron chi connectivity index (χ1n) is 5.71. The fourth-order valence-electron chi connectivity index (χ4n) is 2.09. The van der Waals surface area contributed by atoms with Crippen molar-refractivity contribution in [2.75, 3.05) is 7.05 Å². The van der Waals surface area contributed by atoms with Gasteiger partial charge in [-0.25, -0.2) is 0 Å². The predicted molar refractivity (Wildman–Crippen MR) is 69.6 cm³/mol. The molecule has 1 aromatic carbocycles. The van der Waals surface area contributed by atoms with Crippen molar-refractivity contribution in [3.05, 3.63) is 40.1 Å². The molecule has 0 aliphatic rings. The van der Waals surface area contributed by atoms with Gasteiger partial charge in [0.25, 0.3) is 0 Å². The quantitative estimate of drug-likeness (QED) is 0.840. The van der Waals surface area contributed by atoms with E-state index in [9.17, 15) is 4.91 Å². The van der Waals surface area contributed by atoms with E-state index in [-0.39, 0.29) is 0 Å². The molecule has 5 nitrogen and oxygen atoms in total. The van der Waals surface area contributed by atoms with Gasteiger partial charge in [0, 0.05) is 12.1 Å². The second kappa shape index (κ2) is 5.10. The summed E-state index contributed by atoms with van der Waals surface area (Å²) < 4.78 is 5.18. The Kier molecular flexibility index (Phi) is 3.53. The van der Waals surface area contributed by atoms with Crippen LogP contribution < -0.4 is 5.32 Å². The van der Waals surface area contributed by atoms with Gasteiger partial charge < -0.3 is 9.84 Å². The molecule has 2 aromatic rings. The average molecular weight is 245 g/mol. The predicted octanol–water partition coefficient (Wildman–Crippen LogP) is 3.08. The third-order valence-electron chi connectivity index (χ3n) is 2.86. The van der Waals surface area contributed by atoms with E-state index in [0.717, 1.165) is 28.1 Å². The number of nitrogens with zero attached hydrogens (tertiary/aromatic N) is 2. The minimum Gasteiger partial charge on any atom is -0.361 e. The number of benzene rings is 1. The SMILES string of the molecule is CNCc1cc(N=O)ccc1-c1c(C)noc1C. The van der Waals surface area contributed by atoms with Crippen LogP contribution in [-0.4, -0.2) is 12.2 Å². The zero-order chi connectivity index (χ0) is 13.1. The zero-order valence-electron chi connectivity index (χ0n) is 10.7. The summed E-state index contributed by atoms with van der Waals surface area (Å²) >= 11 is 0. The first-order chi connectivity index (χ1) is 8.67. The lowest BCUT2D eigenvalue weighted by atomic mass is 9.97. The lowest BCUT2D eigenvalue weighted by Crippen LogP contribution is -2.06. The van der Waals surface area contributed by atoms with Crippen molar-refractivity contribution in [3.63, 3.8) is 0 Å². The number of aryl methyl sites for hydroxylation is 2. The van der Waals surface area contributed by atoms with Crippen LogP contribution in [0.15, 0.2) is 27.9 Å². The van der Waals surface area contributed by atoms with Crippen LogP contribution >= 0.6 is 0 Å². The Bertz CT molecular complexity index is 556. The van der Waals surface area contributed by atoms with Crippen molar-refractivity contribution in [1.82, 2.24) is 10.5 Å². The molecule has 5 heteroatoms. The number of nitroso groups, excluding NO2 is 1. The summed E-state index contributed by atoms with van der Waals surface area (Å²) in [6.45, 7) is 4.44. The molecule has 0 aliphatic carbocycles. The standard InChI is InChI=1S/C13H15N3O2/c1-8-13(9(2)18-16-8)12-5-4-11(15-17)6-10(12)7-14-3/h4-6,14H,7H2,1-3H3. The van der Waals surface area contributed by atoms with Gasteiger partial charge >= 0.3 is 0 Å². The molecule has 0 fully saturated rings. The Morgan fingerprint density at radius 3 is 2.72 bits per heavy atom. The van der Waals surface area contributed by atoms with Crippen molar-refractivity contribution in [3.8, 4) is 11.1 Å². The molecule has 0 bridgehead atoms. The molecule has 0 saturated heterocycles. The summed E-state index contributed by atoms with van der Waals surface area (Å²) in [6, 6.07) is 5.37. The minimum absolute atomic E-state index is 0.427. The van der Waals surface area contributed by atoms with Crippen LogP contribution in [0.1, 0.15) is 17.0 Å². The second-order valence-corrected chi connectivity index (χ2v) is 4.16. The van der Waals surface area contributed by atoms with E-state index in [4.69, 9.17) is 4.52 Å². The summed E-state index contributed by atoms with van der Waals surface area (Å²) in [6.07, 6.45) is 0. The summed E-state index contributed by atoms with van der Waals surface area (Å²) in [4.78, 5) is 10.6. The Balaban J connectivity index is 2.59. The Morgan fingerprint density at radius 2 is 2.17 bits per heavy atom. The van der Waals surface area contributed by atoms with E-state index >= 15 is 0 Å². The normalized spacial score (nSPS) is 10.6. The van der Waals surface area contributed by atoms with Crippen molar-refractivity contribution in [2.45, 2.75) is 20.4 Å². The molecule has 0 saturated carbocycles. The second-order valence-electron chi connectivity index (χ2n) is 4.16. The van der Waals surface area contributed by atoms with Crippen LogP contribution in [0.25, 0.3) is 11.1 Å². The van der Waals surface area contributed by atoms with Crippen LogP contribution in [0, 0.1) is 18.8 Å². The molecule has 1 aromatic heterocycles. The summed E-state index contributed by atoms with van der Waals surface area (Å²) in [7, 11) is 1.86. The van der Waals surface area contributed by atoms with Gasteiger partial charge in [-0.3, -0.25) is 0 Å². The molecule has 0 amide bonds. The molecule has 94 valence electrons. The van der Waals surface area contributed by atoms with E-state index in [2.05, 4.69) is 15.7 Å². The molecule has 0 atom stereocenters. The summed E-state index contributed by atoms with van der Waals surface area (Å²) in [5.41, 5.74) is 4.28. The number of hydrogen-bond donors (Lipinski definition) is 1. The van der Waals surface area contributed by atoms with Crippen LogP contribution in [0.5, 0.6) is 0 Å². The fraction of sp³-hybridized carbons (Fsp3) is 0.308. The van der Waals surface area contributed by atoms with Crippen molar-refractivity contribution in [2.24, 2.45) is 5.18 Å². The lowest BCUT2D eigenvalue weighted by molar-refractivity contribution is 0.393. The van der Waals surface area contributed by atoms with Crippen LogP contribution in [0.4, 0.5) is 5.69 Å². The van der Waals surface area contributed by atoms with Gasteiger partial charge in [-0.05, 0) is 49.3 Å². The van der Waals surface area contributed by atoms with Gasteiger partial charge in [0.05, 0.1) is 5.69 Å². The fourth-order valence-corrected chi connectivity index (χ4v) is 2.09.